The molecule has 2 nitrogen and oxygen atoms in total. The lowest BCUT2D eigenvalue weighted by molar-refractivity contribution is 0.337. The highest BCUT2D eigenvalue weighted by Crippen LogP contribution is 2.15. The number of hydrogen-bond acceptors (Lipinski definition) is 2. The van der Waals surface area contributed by atoms with Crippen LogP contribution in [0.1, 0.15) is 12.5 Å². The Bertz CT molecular complexity index is 507. The number of likely N-dealkylation sites (N-methyl/N-ethyl adjacent to an activating group) is 2. The van der Waals surface area contributed by atoms with Crippen LogP contribution in [0.2, 0.25) is 0 Å². The third-order valence-electron chi connectivity index (χ3n) is 3.52. The van der Waals surface area contributed by atoms with E-state index in [0.29, 0.717) is 0 Å². The Balaban J connectivity index is 1.87. The lowest BCUT2D eigenvalue weighted by Gasteiger charge is -2.16. The monoisotopic (exact) mass is 256 g/mol. The first-order valence-corrected chi connectivity index (χ1v) is 7.16. The van der Waals surface area contributed by atoms with E-state index in [-0.39, 0.29) is 0 Å². The zero-order valence-corrected chi connectivity index (χ0v) is 12.0. The molecule has 0 aliphatic carbocycles. The third kappa shape index (κ3) is 4.34. The van der Waals surface area contributed by atoms with Crippen LogP contribution in [0, 0.1) is 0 Å². The Kier molecular flexibility index (Phi) is 5.37. The Morgan fingerprint density at radius 1 is 1.00 bits per heavy atom. The van der Waals surface area contributed by atoms with Gasteiger partial charge in [0.2, 0.25) is 0 Å². The van der Waals surface area contributed by atoms with Gasteiger partial charge in [-0.05, 0) is 36.3 Å². The number of benzene rings is 2. The van der Waals surface area contributed by atoms with Crippen LogP contribution < -0.4 is 5.32 Å². The smallest absolute Gasteiger partial charge is 0.0104 e. The zero-order chi connectivity index (χ0) is 13.5. The fourth-order valence-corrected chi connectivity index (χ4v) is 2.27. The van der Waals surface area contributed by atoms with E-state index < -0.39 is 0 Å². The maximum Gasteiger partial charge on any atom is 0.0104 e. The van der Waals surface area contributed by atoms with Crippen LogP contribution in [-0.4, -0.2) is 38.1 Å². The molecule has 0 saturated heterocycles. The fraction of sp³-hybridized carbons (Fsp3) is 0.412. The summed E-state index contributed by atoms with van der Waals surface area (Å²) in [6.07, 6.45) is 1.12. The van der Waals surface area contributed by atoms with Crippen LogP contribution in [-0.2, 0) is 6.42 Å². The van der Waals surface area contributed by atoms with E-state index in [1.165, 1.54) is 16.3 Å². The van der Waals surface area contributed by atoms with Crippen molar-refractivity contribution in [1.29, 1.82) is 0 Å². The lowest BCUT2D eigenvalue weighted by atomic mass is 10.1. The SMILES string of the molecule is CCNCCN(C)CCc1ccc2ccccc2c1. The first-order chi connectivity index (χ1) is 9.29. The van der Waals surface area contributed by atoms with Crippen molar-refractivity contribution in [3.8, 4) is 0 Å². The van der Waals surface area contributed by atoms with Crippen LogP contribution in [0.5, 0.6) is 0 Å². The van der Waals surface area contributed by atoms with Crippen molar-refractivity contribution in [2.24, 2.45) is 0 Å². The molecule has 0 radical (unpaired) electrons. The van der Waals surface area contributed by atoms with Gasteiger partial charge in [-0.15, -0.1) is 0 Å². The minimum Gasteiger partial charge on any atom is -0.316 e. The molecular weight excluding hydrogens is 232 g/mol. The van der Waals surface area contributed by atoms with Crippen LogP contribution in [0.4, 0.5) is 0 Å². The summed E-state index contributed by atoms with van der Waals surface area (Å²) in [5.74, 6) is 0. The molecule has 19 heavy (non-hydrogen) atoms. The topological polar surface area (TPSA) is 15.3 Å². The second kappa shape index (κ2) is 7.27. The molecule has 0 unspecified atom stereocenters. The van der Waals surface area contributed by atoms with Crippen LogP contribution in [0.3, 0.4) is 0 Å². The normalized spacial score (nSPS) is 11.3. The molecule has 0 saturated carbocycles. The molecule has 2 aromatic rings. The van der Waals surface area contributed by atoms with Crippen molar-refractivity contribution in [3.63, 3.8) is 0 Å². The van der Waals surface area contributed by atoms with E-state index in [4.69, 9.17) is 0 Å². The maximum absolute atomic E-state index is 3.36. The quantitative estimate of drug-likeness (QED) is 0.766. The molecule has 0 bridgehead atoms. The molecule has 0 atom stereocenters. The van der Waals surface area contributed by atoms with E-state index >= 15 is 0 Å². The largest absolute Gasteiger partial charge is 0.316 e. The first-order valence-electron chi connectivity index (χ1n) is 7.16. The molecule has 2 rings (SSSR count). The van der Waals surface area contributed by atoms with Crippen molar-refractivity contribution >= 4 is 10.8 Å². The highest BCUT2D eigenvalue weighted by Gasteiger charge is 2.00. The minimum absolute atomic E-state index is 1.05. The molecule has 0 amide bonds. The molecule has 2 heteroatoms. The molecule has 0 heterocycles. The van der Waals surface area contributed by atoms with E-state index in [0.717, 1.165) is 32.6 Å². The Morgan fingerprint density at radius 3 is 2.58 bits per heavy atom. The molecule has 0 fully saturated rings. The van der Waals surface area contributed by atoms with Crippen LogP contribution in [0.15, 0.2) is 42.5 Å². The second-order valence-corrected chi connectivity index (χ2v) is 5.09. The maximum atomic E-state index is 3.36. The van der Waals surface area contributed by atoms with Gasteiger partial charge in [-0.1, -0.05) is 49.4 Å². The number of fused-ring (bicyclic) bond motifs is 1. The van der Waals surface area contributed by atoms with Crippen molar-refractivity contribution < 1.29 is 0 Å². The van der Waals surface area contributed by atoms with Gasteiger partial charge >= 0.3 is 0 Å². The molecule has 2 aromatic carbocycles. The van der Waals surface area contributed by atoms with Gasteiger partial charge in [-0.2, -0.15) is 0 Å². The number of hydrogen-bond donors (Lipinski definition) is 1. The fourth-order valence-electron chi connectivity index (χ4n) is 2.27. The zero-order valence-electron chi connectivity index (χ0n) is 12.0. The second-order valence-electron chi connectivity index (χ2n) is 5.09. The van der Waals surface area contributed by atoms with Crippen LogP contribution in [0.25, 0.3) is 10.8 Å². The molecule has 0 aliphatic rings. The molecule has 0 aromatic heterocycles. The summed E-state index contributed by atoms with van der Waals surface area (Å²) in [4.78, 5) is 2.39. The van der Waals surface area contributed by atoms with Gasteiger partial charge in [-0.25, -0.2) is 0 Å². The molecule has 1 N–H and O–H groups in total. The summed E-state index contributed by atoms with van der Waals surface area (Å²) < 4.78 is 0. The summed E-state index contributed by atoms with van der Waals surface area (Å²) in [5.41, 5.74) is 1.43. The molecular formula is C17H24N2. The average molecular weight is 256 g/mol. The molecule has 0 aliphatic heterocycles. The van der Waals surface area contributed by atoms with Gasteiger partial charge in [0.25, 0.3) is 0 Å². The third-order valence-corrected chi connectivity index (χ3v) is 3.52. The standard InChI is InChI=1S/C17H24N2/c1-3-18-11-13-19(2)12-10-15-8-9-16-6-4-5-7-17(16)14-15/h4-9,14,18H,3,10-13H2,1-2H3. The van der Waals surface area contributed by atoms with E-state index in [1.807, 2.05) is 0 Å². The summed E-state index contributed by atoms with van der Waals surface area (Å²) in [5, 5.41) is 6.03. The van der Waals surface area contributed by atoms with Crippen molar-refractivity contribution in [2.45, 2.75) is 13.3 Å². The van der Waals surface area contributed by atoms with Gasteiger partial charge in [0.15, 0.2) is 0 Å². The summed E-state index contributed by atoms with van der Waals surface area (Å²) in [7, 11) is 2.19. The molecule has 0 spiro atoms. The van der Waals surface area contributed by atoms with Gasteiger partial charge in [0.1, 0.15) is 0 Å². The molecule has 102 valence electrons. The highest BCUT2D eigenvalue weighted by atomic mass is 15.1. The van der Waals surface area contributed by atoms with Gasteiger partial charge < -0.3 is 10.2 Å². The Morgan fingerprint density at radius 2 is 1.79 bits per heavy atom. The van der Waals surface area contributed by atoms with Gasteiger partial charge in [0, 0.05) is 19.6 Å². The minimum atomic E-state index is 1.05. The van der Waals surface area contributed by atoms with Crippen molar-refractivity contribution in [2.75, 3.05) is 33.2 Å². The number of rotatable bonds is 7. The summed E-state index contributed by atoms with van der Waals surface area (Å²) in [6, 6.07) is 15.3. The Hall–Kier alpha value is -1.38. The predicted molar refractivity (Wildman–Crippen MR) is 83.7 cm³/mol. The van der Waals surface area contributed by atoms with Crippen LogP contribution >= 0.6 is 0 Å². The number of nitrogens with zero attached hydrogens (tertiary/aromatic N) is 1. The predicted octanol–water partition coefficient (Wildman–Crippen LogP) is 2.92. The van der Waals surface area contributed by atoms with Gasteiger partial charge in [0.05, 0.1) is 0 Å². The summed E-state index contributed by atoms with van der Waals surface area (Å²) >= 11 is 0. The van der Waals surface area contributed by atoms with E-state index in [1.54, 1.807) is 0 Å². The lowest BCUT2D eigenvalue weighted by Crippen LogP contribution is -2.30. The number of nitrogens with one attached hydrogen (secondary N) is 1. The summed E-state index contributed by atoms with van der Waals surface area (Å²) in [6.45, 7) is 6.50. The van der Waals surface area contributed by atoms with E-state index in [9.17, 15) is 0 Å². The van der Waals surface area contributed by atoms with Crippen molar-refractivity contribution in [1.82, 2.24) is 10.2 Å². The Labute approximate surface area is 116 Å². The van der Waals surface area contributed by atoms with Crippen molar-refractivity contribution in [3.05, 3.63) is 48.0 Å². The first kappa shape index (κ1) is 14.0. The van der Waals surface area contributed by atoms with E-state index in [2.05, 4.69) is 66.7 Å². The highest BCUT2D eigenvalue weighted by molar-refractivity contribution is 5.82. The van der Waals surface area contributed by atoms with Gasteiger partial charge in [-0.3, -0.25) is 0 Å². The average Bonchev–Trinajstić information content (AvgIpc) is 2.45.